The minimum absolute atomic E-state index is 1.03. The van der Waals surface area contributed by atoms with Crippen LogP contribution < -0.4 is 0 Å². The highest BCUT2D eigenvalue weighted by Crippen LogP contribution is 2.43. The standard InChI is InChI=1S/C7H14FO7P/c1-4-6(2,10)5(9)7(8,15-4)3-14-16(11,12)13/h4-5,9-10H,3H2,1-2H3,(H2,11,12,13)/t4?,5-,6-,7+/m0/s1. The quantitative estimate of drug-likeness (QED) is 0.495. The van der Waals surface area contributed by atoms with Crippen LogP contribution in [0.2, 0.25) is 0 Å². The maximum atomic E-state index is 13.9. The van der Waals surface area contributed by atoms with E-state index in [1.807, 2.05) is 0 Å². The summed E-state index contributed by atoms with van der Waals surface area (Å²) < 4.78 is 32.8. The fourth-order valence-corrected chi connectivity index (χ4v) is 1.77. The third-order valence-corrected chi connectivity index (χ3v) is 3.05. The van der Waals surface area contributed by atoms with E-state index >= 15 is 0 Å². The summed E-state index contributed by atoms with van der Waals surface area (Å²) in [7, 11) is -4.86. The average molecular weight is 260 g/mol. The van der Waals surface area contributed by atoms with E-state index in [-0.39, 0.29) is 0 Å². The van der Waals surface area contributed by atoms with Gasteiger partial charge >= 0.3 is 7.82 Å². The van der Waals surface area contributed by atoms with Gasteiger partial charge < -0.3 is 24.7 Å². The Morgan fingerprint density at radius 2 is 2.06 bits per heavy atom. The van der Waals surface area contributed by atoms with Crippen LogP contribution >= 0.6 is 7.82 Å². The van der Waals surface area contributed by atoms with Gasteiger partial charge in [0.2, 0.25) is 0 Å². The molecule has 0 radical (unpaired) electrons. The summed E-state index contributed by atoms with van der Waals surface area (Å²) in [5.41, 5.74) is -1.85. The van der Waals surface area contributed by atoms with Crippen LogP contribution in [0.3, 0.4) is 0 Å². The van der Waals surface area contributed by atoms with E-state index in [2.05, 4.69) is 9.26 Å². The number of halogens is 1. The Hall–Kier alpha value is -0.0800. The van der Waals surface area contributed by atoms with Crippen molar-refractivity contribution in [3.8, 4) is 0 Å². The number of alkyl halides is 1. The van der Waals surface area contributed by atoms with Crippen LogP contribution in [-0.4, -0.2) is 50.3 Å². The zero-order chi connectivity index (χ0) is 12.8. The van der Waals surface area contributed by atoms with Crippen LogP contribution in [0, 0.1) is 0 Å². The number of rotatable bonds is 3. The summed E-state index contributed by atoms with van der Waals surface area (Å²) in [6.07, 6.45) is -2.99. The highest BCUT2D eigenvalue weighted by atomic mass is 31.2. The minimum Gasteiger partial charge on any atom is -0.385 e. The van der Waals surface area contributed by atoms with Crippen LogP contribution in [0.5, 0.6) is 0 Å². The molecule has 9 heteroatoms. The molecule has 1 aliphatic rings. The minimum atomic E-state index is -4.86. The van der Waals surface area contributed by atoms with Gasteiger partial charge in [-0.1, -0.05) is 0 Å². The summed E-state index contributed by atoms with van der Waals surface area (Å²) in [5.74, 6) is -2.84. The van der Waals surface area contributed by atoms with E-state index in [1.54, 1.807) is 0 Å². The number of aliphatic hydroxyl groups excluding tert-OH is 1. The number of phosphoric acid groups is 1. The van der Waals surface area contributed by atoms with Gasteiger partial charge in [0, 0.05) is 0 Å². The molecule has 16 heavy (non-hydrogen) atoms. The number of aliphatic hydroxyl groups is 2. The number of ether oxygens (including phenoxy) is 1. The van der Waals surface area contributed by atoms with Gasteiger partial charge in [-0.2, -0.15) is 0 Å². The molecule has 1 fully saturated rings. The Labute approximate surface area is 91.0 Å². The molecule has 0 bridgehead atoms. The van der Waals surface area contributed by atoms with E-state index in [0.29, 0.717) is 0 Å². The molecule has 1 unspecified atom stereocenters. The van der Waals surface area contributed by atoms with Crippen molar-refractivity contribution in [3.63, 3.8) is 0 Å². The monoisotopic (exact) mass is 260 g/mol. The van der Waals surface area contributed by atoms with Crippen molar-refractivity contribution < 1.29 is 38.2 Å². The second-order valence-electron chi connectivity index (χ2n) is 3.94. The first-order valence-electron chi connectivity index (χ1n) is 4.46. The molecule has 0 aliphatic carbocycles. The summed E-state index contributed by atoms with van der Waals surface area (Å²) in [6.45, 7) is 1.31. The first-order chi connectivity index (χ1) is 6.99. The molecule has 1 rings (SSSR count). The first-order valence-corrected chi connectivity index (χ1v) is 5.99. The fraction of sp³-hybridized carbons (Fsp3) is 1.00. The summed E-state index contributed by atoms with van der Waals surface area (Å²) >= 11 is 0. The molecule has 1 heterocycles. The SMILES string of the molecule is CC1O[C@](F)(COP(=O)(O)O)[C@@H](O)[C@@]1(C)O. The average Bonchev–Trinajstić information content (AvgIpc) is 2.25. The zero-order valence-corrected chi connectivity index (χ0v) is 9.60. The van der Waals surface area contributed by atoms with E-state index in [4.69, 9.17) is 9.79 Å². The van der Waals surface area contributed by atoms with Gasteiger partial charge in [0.05, 0.1) is 6.10 Å². The molecule has 0 amide bonds. The molecular formula is C7H14FO7P. The van der Waals surface area contributed by atoms with Gasteiger partial charge in [0.1, 0.15) is 18.3 Å². The Balaban J connectivity index is 2.77. The van der Waals surface area contributed by atoms with Crippen molar-refractivity contribution in [3.05, 3.63) is 0 Å². The topological polar surface area (TPSA) is 116 Å². The molecule has 0 aromatic carbocycles. The molecule has 96 valence electrons. The van der Waals surface area contributed by atoms with Gasteiger partial charge in [0.15, 0.2) is 0 Å². The normalized spacial score (nSPS) is 44.9. The fourth-order valence-electron chi connectivity index (χ4n) is 1.42. The van der Waals surface area contributed by atoms with Gasteiger partial charge in [-0.3, -0.25) is 4.52 Å². The third kappa shape index (κ3) is 2.60. The van der Waals surface area contributed by atoms with Crippen molar-refractivity contribution in [1.82, 2.24) is 0 Å². The van der Waals surface area contributed by atoms with Crippen LogP contribution in [0.1, 0.15) is 13.8 Å². The van der Waals surface area contributed by atoms with Crippen LogP contribution in [0.25, 0.3) is 0 Å². The smallest absolute Gasteiger partial charge is 0.385 e. The van der Waals surface area contributed by atoms with Crippen molar-refractivity contribution in [2.45, 2.75) is 37.5 Å². The largest absolute Gasteiger partial charge is 0.469 e. The number of phosphoric ester groups is 1. The Morgan fingerprint density at radius 3 is 2.38 bits per heavy atom. The second kappa shape index (κ2) is 3.99. The summed E-state index contributed by atoms with van der Waals surface area (Å²) in [5, 5.41) is 19.1. The highest BCUT2D eigenvalue weighted by Gasteiger charge is 2.61. The maximum absolute atomic E-state index is 13.9. The lowest BCUT2D eigenvalue weighted by Gasteiger charge is -2.26. The molecule has 0 spiro atoms. The lowest BCUT2D eigenvalue weighted by molar-refractivity contribution is -0.192. The Bertz CT molecular complexity index is 316. The number of hydrogen-bond donors (Lipinski definition) is 4. The Morgan fingerprint density at radius 1 is 1.56 bits per heavy atom. The number of hydrogen-bond acceptors (Lipinski definition) is 5. The summed E-state index contributed by atoms with van der Waals surface area (Å²) in [4.78, 5) is 16.8. The third-order valence-electron chi connectivity index (χ3n) is 2.59. The summed E-state index contributed by atoms with van der Waals surface area (Å²) in [6, 6.07) is 0. The van der Waals surface area contributed by atoms with Crippen molar-refractivity contribution >= 4 is 7.82 Å². The molecule has 1 aliphatic heterocycles. The predicted molar refractivity (Wildman–Crippen MR) is 49.0 cm³/mol. The van der Waals surface area contributed by atoms with E-state index in [9.17, 15) is 19.2 Å². The molecule has 7 nitrogen and oxygen atoms in total. The molecular weight excluding hydrogens is 246 g/mol. The maximum Gasteiger partial charge on any atom is 0.469 e. The van der Waals surface area contributed by atoms with Crippen LogP contribution in [-0.2, 0) is 13.8 Å². The highest BCUT2D eigenvalue weighted by molar-refractivity contribution is 7.46. The van der Waals surface area contributed by atoms with Crippen molar-refractivity contribution in [2.75, 3.05) is 6.61 Å². The molecule has 0 saturated carbocycles. The molecule has 0 aromatic rings. The van der Waals surface area contributed by atoms with E-state index < -0.39 is 38.1 Å². The Kier molecular flexibility index (Phi) is 3.49. The molecule has 4 N–H and O–H groups in total. The van der Waals surface area contributed by atoms with E-state index in [1.165, 1.54) is 6.92 Å². The molecule has 0 aromatic heterocycles. The lowest BCUT2D eigenvalue weighted by Crippen LogP contribution is -2.49. The van der Waals surface area contributed by atoms with Gasteiger partial charge in [0.25, 0.3) is 5.85 Å². The molecule has 4 atom stereocenters. The van der Waals surface area contributed by atoms with Gasteiger partial charge in [-0.25, -0.2) is 8.96 Å². The van der Waals surface area contributed by atoms with Crippen molar-refractivity contribution in [1.29, 1.82) is 0 Å². The molecule has 1 saturated heterocycles. The first kappa shape index (κ1) is 14.0. The lowest BCUT2D eigenvalue weighted by atomic mass is 9.93. The zero-order valence-electron chi connectivity index (χ0n) is 8.70. The van der Waals surface area contributed by atoms with Gasteiger partial charge in [-0.05, 0) is 13.8 Å². The van der Waals surface area contributed by atoms with Crippen LogP contribution in [0.4, 0.5) is 4.39 Å². The van der Waals surface area contributed by atoms with E-state index in [0.717, 1.165) is 6.92 Å². The predicted octanol–water partition coefficient (Wildman–Crippen LogP) is -0.708. The van der Waals surface area contributed by atoms with Crippen molar-refractivity contribution in [2.24, 2.45) is 0 Å². The second-order valence-corrected chi connectivity index (χ2v) is 5.18. The van der Waals surface area contributed by atoms with Crippen LogP contribution in [0.15, 0.2) is 0 Å². The van der Waals surface area contributed by atoms with Gasteiger partial charge in [-0.15, -0.1) is 0 Å².